The Hall–Kier alpha value is -0.150. The van der Waals surface area contributed by atoms with E-state index in [4.69, 9.17) is 11.6 Å². The van der Waals surface area contributed by atoms with E-state index in [1.807, 2.05) is 18.7 Å². The molecule has 0 spiro atoms. The minimum atomic E-state index is -0.733. The summed E-state index contributed by atoms with van der Waals surface area (Å²) >= 11 is 8.04. The first kappa shape index (κ1) is 9.41. The van der Waals surface area contributed by atoms with Crippen molar-refractivity contribution in [2.75, 3.05) is 12.3 Å². The Balaban J connectivity index is 2.46. The quantitative estimate of drug-likeness (QED) is 0.628. The number of amides is 1. The molecule has 0 N–H and O–H groups in total. The fourth-order valence-electron chi connectivity index (χ4n) is 1.88. The molecule has 1 fully saturated rings. The molecular weight excluding hydrogens is 206 g/mol. The molecule has 1 saturated heterocycles. The van der Waals surface area contributed by atoms with Crippen LogP contribution in [0.5, 0.6) is 0 Å². The zero-order valence-electron chi connectivity index (χ0n) is 7.76. The maximum absolute atomic E-state index is 11.9. The van der Waals surface area contributed by atoms with Gasteiger partial charge in [0, 0.05) is 12.3 Å². The molecule has 0 radical (unpaired) electrons. The Morgan fingerprint density at radius 1 is 1.69 bits per heavy atom. The van der Waals surface area contributed by atoms with E-state index in [1.54, 1.807) is 11.8 Å². The van der Waals surface area contributed by atoms with Crippen molar-refractivity contribution in [3.05, 3.63) is 10.6 Å². The second kappa shape index (κ2) is 2.92. The van der Waals surface area contributed by atoms with Crippen LogP contribution in [0, 0.1) is 0 Å². The van der Waals surface area contributed by atoms with E-state index >= 15 is 0 Å². The molecule has 2 aliphatic heterocycles. The number of rotatable bonds is 1. The van der Waals surface area contributed by atoms with Gasteiger partial charge in [-0.05, 0) is 18.9 Å². The van der Waals surface area contributed by atoms with Gasteiger partial charge in [-0.1, -0.05) is 6.92 Å². The molecule has 0 bridgehead atoms. The summed E-state index contributed by atoms with van der Waals surface area (Å²) in [5.41, 5.74) is 1.05. The van der Waals surface area contributed by atoms with E-state index in [0.29, 0.717) is 6.42 Å². The van der Waals surface area contributed by atoms with Gasteiger partial charge in [0.25, 0.3) is 5.91 Å². The number of hydrogen-bond acceptors (Lipinski definition) is 2. The van der Waals surface area contributed by atoms with E-state index in [2.05, 4.69) is 0 Å². The van der Waals surface area contributed by atoms with Crippen LogP contribution in [0.4, 0.5) is 0 Å². The number of carbonyl (C=O) groups excluding carboxylic acids is 1. The van der Waals surface area contributed by atoms with Gasteiger partial charge in [0.1, 0.15) is 4.87 Å². The third-order valence-electron chi connectivity index (χ3n) is 2.79. The monoisotopic (exact) mass is 217 g/mol. The highest BCUT2D eigenvalue weighted by Crippen LogP contribution is 2.47. The summed E-state index contributed by atoms with van der Waals surface area (Å²) in [5.74, 6) is 1.09. The third kappa shape index (κ3) is 1.07. The van der Waals surface area contributed by atoms with Crippen molar-refractivity contribution in [3.63, 3.8) is 0 Å². The van der Waals surface area contributed by atoms with E-state index in [-0.39, 0.29) is 5.91 Å². The Kier molecular flexibility index (Phi) is 2.11. The van der Waals surface area contributed by atoms with Crippen molar-refractivity contribution in [2.24, 2.45) is 0 Å². The predicted molar refractivity (Wildman–Crippen MR) is 55.7 cm³/mol. The standard InChI is InChI=1S/C9H12ClNOS/c1-3-9(10)6(2)7-11(8(9)12)4-5-13-7/h3-5H2,1-2H3. The van der Waals surface area contributed by atoms with Crippen LogP contribution in [0.2, 0.25) is 0 Å². The first-order valence-corrected chi connectivity index (χ1v) is 5.82. The average molecular weight is 218 g/mol. The lowest BCUT2D eigenvalue weighted by Gasteiger charge is -2.20. The van der Waals surface area contributed by atoms with Crippen LogP contribution in [0.3, 0.4) is 0 Å². The topological polar surface area (TPSA) is 20.3 Å². The van der Waals surface area contributed by atoms with E-state index in [1.165, 1.54) is 0 Å². The Morgan fingerprint density at radius 2 is 2.38 bits per heavy atom. The van der Waals surface area contributed by atoms with E-state index in [9.17, 15) is 4.79 Å². The third-order valence-corrected chi connectivity index (χ3v) is 4.68. The van der Waals surface area contributed by atoms with E-state index < -0.39 is 4.87 Å². The minimum absolute atomic E-state index is 0.0779. The highest BCUT2D eigenvalue weighted by atomic mass is 35.5. The normalized spacial score (nSPS) is 33.2. The molecule has 2 aliphatic rings. The molecule has 2 nitrogen and oxygen atoms in total. The van der Waals surface area contributed by atoms with E-state index in [0.717, 1.165) is 22.9 Å². The van der Waals surface area contributed by atoms with Crippen molar-refractivity contribution in [3.8, 4) is 0 Å². The van der Waals surface area contributed by atoms with Crippen LogP contribution in [0.25, 0.3) is 0 Å². The lowest BCUT2D eigenvalue weighted by molar-refractivity contribution is -0.128. The van der Waals surface area contributed by atoms with Crippen molar-refractivity contribution >= 4 is 29.3 Å². The van der Waals surface area contributed by atoms with Crippen LogP contribution in [0.1, 0.15) is 20.3 Å². The van der Waals surface area contributed by atoms with Crippen molar-refractivity contribution < 1.29 is 4.79 Å². The zero-order valence-corrected chi connectivity index (χ0v) is 9.34. The van der Waals surface area contributed by atoms with Gasteiger partial charge in [-0.25, -0.2) is 0 Å². The summed E-state index contributed by atoms with van der Waals surface area (Å²) in [6.45, 7) is 4.76. The number of nitrogens with zero attached hydrogens (tertiary/aromatic N) is 1. The second-order valence-corrected chi connectivity index (χ2v) is 5.12. The van der Waals surface area contributed by atoms with Gasteiger partial charge in [0.2, 0.25) is 0 Å². The van der Waals surface area contributed by atoms with Crippen LogP contribution in [0.15, 0.2) is 10.6 Å². The first-order valence-electron chi connectivity index (χ1n) is 4.46. The lowest BCUT2D eigenvalue weighted by Crippen LogP contribution is -2.37. The molecule has 1 unspecified atom stereocenters. The molecule has 0 aromatic rings. The fourth-order valence-corrected chi connectivity index (χ4v) is 3.31. The number of carbonyl (C=O) groups is 1. The molecule has 1 atom stereocenters. The van der Waals surface area contributed by atoms with Gasteiger partial charge < -0.3 is 4.90 Å². The zero-order chi connectivity index (χ0) is 9.64. The van der Waals surface area contributed by atoms with Gasteiger partial charge >= 0.3 is 0 Å². The SMILES string of the molecule is CCC1(Cl)C(=O)N2CCSC2=C1C. The summed E-state index contributed by atoms with van der Waals surface area (Å²) in [7, 11) is 0. The summed E-state index contributed by atoms with van der Waals surface area (Å²) < 4.78 is 0. The first-order chi connectivity index (χ1) is 6.11. The minimum Gasteiger partial charge on any atom is -0.304 e. The smallest absolute Gasteiger partial charge is 0.252 e. The van der Waals surface area contributed by atoms with Crippen molar-refractivity contribution in [1.29, 1.82) is 0 Å². The lowest BCUT2D eigenvalue weighted by atomic mass is 9.99. The van der Waals surface area contributed by atoms with Crippen LogP contribution >= 0.6 is 23.4 Å². The summed E-state index contributed by atoms with van der Waals surface area (Å²) in [6.07, 6.45) is 0.680. The number of hydrogen-bond donors (Lipinski definition) is 0. The largest absolute Gasteiger partial charge is 0.304 e. The molecule has 0 aromatic heterocycles. The maximum Gasteiger partial charge on any atom is 0.252 e. The average Bonchev–Trinajstić information content (AvgIpc) is 2.67. The predicted octanol–water partition coefficient (Wildman–Crippen LogP) is 2.19. The summed E-state index contributed by atoms with van der Waals surface area (Å²) in [5, 5.41) is 1.10. The van der Waals surface area contributed by atoms with Crippen molar-refractivity contribution in [2.45, 2.75) is 25.1 Å². The molecule has 72 valence electrons. The number of fused-ring (bicyclic) bond motifs is 1. The summed E-state index contributed by atoms with van der Waals surface area (Å²) in [6, 6.07) is 0. The van der Waals surface area contributed by atoms with Gasteiger partial charge in [-0.3, -0.25) is 4.79 Å². The van der Waals surface area contributed by atoms with Gasteiger partial charge in [0.15, 0.2) is 0 Å². The Labute approximate surface area is 87.3 Å². The second-order valence-electron chi connectivity index (χ2n) is 3.39. The molecule has 0 saturated carbocycles. The molecule has 13 heavy (non-hydrogen) atoms. The number of halogens is 1. The van der Waals surface area contributed by atoms with Crippen LogP contribution in [-0.4, -0.2) is 28.0 Å². The molecule has 2 rings (SSSR count). The molecule has 1 amide bonds. The van der Waals surface area contributed by atoms with Crippen LogP contribution < -0.4 is 0 Å². The number of alkyl halides is 1. The van der Waals surface area contributed by atoms with Crippen LogP contribution in [-0.2, 0) is 4.79 Å². The molecule has 2 heterocycles. The Morgan fingerprint density at radius 3 is 2.92 bits per heavy atom. The summed E-state index contributed by atoms with van der Waals surface area (Å²) in [4.78, 5) is 13.0. The van der Waals surface area contributed by atoms with Gasteiger partial charge in [-0.2, -0.15) is 0 Å². The molecule has 4 heteroatoms. The van der Waals surface area contributed by atoms with Crippen molar-refractivity contribution in [1.82, 2.24) is 4.90 Å². The Bertz CT molecular complexity index is 302. The van der Waals surface area contributed by atoms with Gasteiger partial charge in [-0.15, -0.1) is 23.4 Å². The number of thioether (sulfide) groups is 1. The maximum atomic E-state index is 11.9. The fraction of sp³-hybridized carbons (Fsp3) is 0.667. The highest BCUT2D eigenvalue weighted by Gasteiger charge is 2.49. The molecular formula is C9H12ClNOS. The van der Waals surface area contributed by atoms with Gasteiger partial charge in [0.05, 0.1) is 5.03 Å². The molecule has 0 aromatic carbocycles. The molecule has 0 aliphatic carbocycles. The highest BCUT2D eigenvalue weighted by molar-refractivity contribution is 8.03.